The Kier molecular flexibility index (Phi) is 4.87. The van der Waals surface area contributed by atoms with Gasteiger partial charge in [0.2, 0.25) is 0 Å². The fraction of sp³-hybridized carbons (Fsp3) is 0.333. The lowest BCUT2D eigenvalue weighted by Gasteiger charge is -2.13. The summed E-state index contributed by atoms with van der Waals surface area (Å²) in [5.41, 5.74) is -1.60. The summed E-state index contributed by atoms with van der Waals surface area (Å²) in [4.78, 5) is 14.6. The molecule has 0 bridgehead atoms. The highest BCUT2D eigenvalue weighted by molar-refractivity contribution is 14.1. The van der Waals surface area contributed by atoms with Gasteiger partial charge >= 0.3 is 12.3 Å². The maximum atomic E-state index is 12.6. The Morgan fingerprint density at radius 3 is 2.42 bits per heavy atom. The number of alkyl halides is 5. The van der Waals surface area contributed by atoms with Gasteiger partial charge in [0.25, 0.3) is 6.43 Å². The molecule has 106 valence electrons. The number of halogens is 6. The van der Waals surface area contributed by atoms with Crippen LogP contribution in [0.15, 0.2) is 6.07 Å². The van der Waals surface area contributed by atoms with Crippen LogP contribution in [0, 0.1) is 3.70 Å². The van der Waals surface area contributed by atoms with E-state index >= 15 is 0 Å². The minimum atomic E-state index is -5.14. The first-order chi connectivity index (χ1) is 8.65. The fourth-order valence-electron chi connectivity index (χ4n) is 1.09. The Hall–Kier alpha value is -1.20. The zero-order chi connectivity index (χ0) is 14.8. The molecule has 0 spiro atoms. The number of carbonyl (C=O) groups is 1. The average molecular weight is 397 g/mol. The SMILES string of the molecule is COC(=O)c1nc(I)c(C(F)F)cc1OC(F)(F)F. The van der Waals surface area contributed by atoms with Crippen molar-refractivity contribution in [3.63, 3.8) is 0 Å². The van der Waals surface area contributed by atoms with Gasteiger partial charge < -0.3 is 9.47 Å². The number of methoxy groups -OCH3 is 1. The number of carbonyl (C=O) groups excluding carboxylic acids is 1. The molecule has 0 saturated carbocycles. The van der Waals surface area contributed by atoms with Crippen LogP contribution >= 0.6 is 22.6 Å². The predicted octanol–water partition coefficient (Wildman–Crippen LogP) is 3.31. The monoisotopic (exact) mass is 397 g/mol. The van der Waals surface area contributed by atoms with Crippen LogP contribution in [0.1, 0.15) is 22.5 Å². The van der Waals surface area contributed by atoms with Gasteiger partial charge in [-0.2, -0.15) is 0 Å². The van der Waals surface area contributed by atoms with Gasteiger partial charge in [-0.1, -0.05) is 0 Å². The molecular formula is C9H5F5INO3. The Morgan fingerprint density at radius 2 is 2.00 bits per heavy atom. The molecule has 0 amide bonds. The molecule has 0 unspecified atom stereocenters. The van der Waals surface area contributed by atoms with E-state index in [1.165, 1.54) is 22.6 Å². The Bertz CT molecular complexity index is 491. The minimum absolute atomic E-state index is 0.317. The highest BCUT2D eigenvalue weighted by Gasteiger charge is 2.35. The number of rotatable bonds is 3. The van der Waals surface area contributed by atoms with Crippen LogP contribution in [-0.2, 0) is 4.74 Å². The summed E-state index contributed by atoms with van der Waals surface area (Å²) in [5, 5.41) is 0. The fourth-order valence-corrected chi connectivity index (χ4v) is 1.72. The largest absolute Gasteiger partial charge is 0.573 e. The first kappa shape index (κ1) is 15.9. The second-order valence-corrected chi connectivity index (χ2v) is 4.08. The molecule has 0 radical (unpaired) electrons. The smallest absolute Gasteiger partial charge is 0.464 e. The summed E-state index contributed by atoms with van der Waals surface area (Å²) in [6.45, 7) is 0. The number of ether oxygens (including phenoxy) is 2. The first-order valence-electron chi connectivity index (χ1n) is 4.48. The zero-order valence-corrected chi connectivity index (χ0v) is 11.3. The highest BCUT2D eigenvalue weighted by Crippen LogP contribution is 2.32. The molecule has 0 fully saturated rings. The molecule has 0 saturated heterocycles. The van der Waals surface area contributed by atoms with Gasteiger partial charge in [-0.25, -0.2) is 18.6 Å². The maximum absolute atomic E-state index is 12.6. The topological polar surface area (TPSA) is 48.4 Å². The van der Waals surface area contributed by atoms with Gasteiger partial charge in [-0.3, -0.25) is 0 Å². The van der Waals surface area contributed by atoms with Gasteiger partial charge in [0.1, 0.15) is 3.70 Å². The maximum Gasteiger partial charge on any atom is 0.573 e. The summed E-state index contributed by atoms with van der Waals surface area (Å²) in [5.74, 6) is -2.35. The average Bonchev–Trinajstić information content (AvgIpc) is 2.27. The van der Waals surface area contributed by atoms with Gasteiger partial charge in [-0.05, 0) is 28.7 Å². The molecule has 4 nitrogen and oxygen atoms in total. The van der Waals surface area contributed by atoms with E-state index in [9.17, 15) is 26.7 Å². The molecular weight excluding hydrogens is 392 g/mol. The normalized spacial score (nSPS) is 11.6. The van der Waals surface area contributed by atoms with E-state index in [1.54, 1.807) is 0 Å². The molecule has 1 heterocycles. The van der Waals surface area contributed by atoms with E-state index in [0.29, 0.717) is 6.07 Å². The van der Waals surface area contributed by atoms with Gasteiger partial charge in [0.05, 0.1) is 12.7 Å². The van der Waals surface area contributed by atoms with Crippen LogP contribution in [-0.4, -0.2) is 24.4 Å². The van der Waals surface area contributed by atoms with E-state index in [2.05, 4.69) is 14.5 Å². The molecule has 19 heavy (non-hydrogen) atoms. The van der Waals surface area contributed by atoms with Gasteiger partial charge in [0.15, 0.2) is 11.4 Å². The van der Waals surface area contributed by atoms with Crippen LogP contribution in [0.4, 0.5) is 22.0 Å². The van der Waals surface area contributed by atoms with Crippen molar-refractivity contribution < 1.29 is 36.2 Å². The summed E-state index contributed by atoms with van der Waals surface area (Å²) in [6.07, 6.45) is -8.20. The standard InChI is InChI=1S/C9H5F5INO3/c1-18-8(17)5-4(19-9(12,13)14)2-3(6(10)11)7(15)16-5/h2,6H,1H3. The number of nitrogens with zero attached hydrogens (tertiary/aromatic N) is 1. The second kappa shape index (κ2) is 5.84. The Morgan fingerprint density at radius 1 is 1.42 bits per heavy atom. The van der Waals surface area contributed by atoms with Crippen LogP contribution in [0.2, 0.25) is 0 Å². The number of pyridine rings is 1. The van der Waals surface area contributed by atoms with Crippen LogP contribution in [0.3, 0.4) is 0 Å². The molecule has 0 aliphatic heterocycles. The van der Waals surface area contributed by atoms with Gasteiger partial charge in [-0.15, -0.1) is 13.2 Å². The third-order valence-electron chi connectivity index (χ3n) is 1.81. The van der Waals surface area contributed by atoms with E-state index in [4.69, 9.17) is 0 Å². The lowest BCUT2D eigenvalue weighted by Crippen LogP contribution is -2.21. The molecule has 1 aromatic rings. The highest BCUT2D eigenvalue weighted by atomic mass is 127. The molecule has 0 aromatic carbocycles. The summed E-state index contributed by atoms with van der Waals surface area (Å²) in [6, 6.07) is 0.416. The first-order valence-corrected chi connectivity index (χ1v) is 5.56. The van der Waals surface area contributed by atoms with Crippen LogP contribution < -0.4 is 4.74 Å². The minimum Gasteiger partial charge on any atom is -0.464 e. The molecule has 0 atom stereocenters. The number of hydrogen-bond acceptors (Lipinski definition) is 4. The van der Waals surface area contributed by atoms with Crippen molar-refractivity contribution in [2.24, 2.45) is 0 Å². The molecule has 0 N–H and O–H groups in total. The zero-order valence-electron chi connectivity index (χ0n) is 9.09. The third-order valence-corrected chi connectivity index (χ3v) is 2.67. The van der Waals surface area contributed by atoms with E-state index in [-0.39, 0.29) is 3.70 Å². The van der Waals surface area contributed by atoms with E-state index in [0.717, 1.165) is 7.11 Å². The van der Waals surface area contributed by atoms with Crippen molar-refractivity contribution in [3.8, 4) is 5.75 Å². The Labute approximate surface area is 117 Å². The van der Waals surface area contributed by atoms with Crippen molar-refractivity contribution >= 4 is 28.6 Å². The third kappa shape index (κ3) is 4.14. The van der Waals surface area contributed by atoms with Crippen molar-refractivity contribution in [2.45, 2.75) is 12.8 Å². The lowest BCUT2D eigenvalue weighted by atomic mass is 10.2. The van der Waals surface area contributed by atoms with Crippen LogP contribution in [0.5, 0.6) is 5.75 Å². The van der Waals surface area contributed by atoms with Crippen molar-refractivity contribution in [1.82, 2.24) is 4.98 Å². The van der Waals surface area contributed by atoms with Crippen molar-refractivity contribution in [2.75, 3.05) is 7.11 Å². The number of esters is 1. The quantitative estimate of drug-likeness (QED) is 0.340. The molecule has 0 aliphatic rings. The molecule has 10 heteroatoms. The van der Waals surface area contributed by atoms with Crippen LogP contribution in [0.25, 0.3) is 0 Å². The van der Waals surface area contributed by atoms with Gasteiger partial charge in [0, 0.05) is 0 Å². The Balaban J connectivity index is 3.37. The second-order valence-electron chi connectivity index (χ2n) is 3.06. The van der Waals surface area contributed by atoms with Crippen molar-refractivity contribution in [1.29, 1.82) is 0 Å². The molecule has 1 aromatic heterocycles. The molecule has 0 aliphatic carbocycles. The lowest BCUT2D eigenvalue weighted by molar-refractivity contribution is -0.274. The van der Waals surface area contributed by atoms with Crippen molar-refractivity contribution in [3.05, 3.63) is 21.0 Å². The molecule has 1 rings (SSSR count). The predicted molar refractivity (Wildman–Crippen MR) is 59.9 cm³/mol. The summed E-state index contributed by atoms with van der Waals surface area (Å²) < 4.78 is 68.9. The summed E-state index contributed by atoms with van der Waals surface area (Å²) >= 11 is 1.37. The number of hydrogen-bond donors (Lipinski definition) is 0. The number of aromatic nitrogens is 1. The van der Waals surface area contributed by atoms with E-state index < -0.39 is 35.8 Å². The summed E-state index contributed by atoms with van der Waals surface area (Å²) in [7, 11) is 0.912. The van der Waals surface area contributed by atoms with E-state index in [1.807, 2.05) is 0 Å².